The molecule has 1 aromatic carbocycles. The van der Waals surface area contributed by atoms with Gasteiger partial charge in [0.1, 0.15) is 7.11 Å². The quantitative estimate of drug-likeness (QED) is 0.633. The zero-order valence-corrected chi connectivity index (χ0v) is 7.11. The predicted octanol–water partition coefficient (Wildman–Crippen LogP) is 1.40. The fraction of sp³-hybridized carbons (Fsp3) is 0.222. The van der Waals surface area contributed by atoms with E-state index >= 15 is 0 Å². The van der Waals surface area contributed by atoms with Gasteiger partial charge < -0.3 is 4.84 Å². The lowest BCUT2D eigenvalue weighted by Crippen LogP contribution is -2.08. The van der Waals surface area contributed by atoms with Gasteiger partial charge in [0.15, 0.2) is 0 Å². The van der Waals surface area contributed by atoms with Crippen molar-refractivity contribution in [2.45, 2.75) is 6.92 Å². The number of hydrogen-bond donors (Lipinski definition) is 0. The molecule has 1 aromatic heterocycles. The van der Waals surface area contributed by atoms with Crippen LogP contribution in [0.1, 0.15) is 5.69 Å². The molecule has 1 heterocycles. The van der Waals surface area contributed by atoms with E-state index in [1.165, 1.54) is 4.85 Å². The summed E-state index contributed by atoms with van der Waals surface area (Å²) in [5.74, 6) is 0. The Hall–Kier alpha value is -1.51. The van der Waals surface area contributed by atoms with Gasteiger partial charge in [-0.05, 0) is 13.0 Å². The molecule has 0 saturated heterocycles. The van der Waals surface area contributed by atoms with Crippen LogP contribution in [0.4, 0.5) is 0 Å². The zero-order chi connectivity index (χ0) is 8.55. The summed E-state index contributed by atoms with van der Waals surface area (Å²) in [6, 6.07) is 7.97. The van der Waals surface area contributed by atoms with Gasteiger partial charge in [-0.3, -0.25) is 0 Å². The van der Waals surface area contributed by atoms with Crippen LogP contribution in [0.3, 0.4) is 0 Å². The Morgan fingerprint density at radius 1 is 1.33 bits per heavy atom. The summed E-state index contributed by atoms with van der Waals surface area (Å²) in [7, 11) is 1.61. The van der Waals surface area contributed by atoms with E-state index in [-0.39, 0.29) is 0 Å². The highest BCUT2D eigenvalue weighted by atomic mass is 16.7. The standard InChI is InChI=1S/C9H10N2O/c1-7-8-5-3-4-6-9(8)10-11(7)12-2/h3-6H,1-2H3. The molecule has 0 aliphatic carbocycles. The number of nitrogens with zero attached hydrogens (tertiary/aromatic N) is 2. The van der Waals surface area contributed by atoms with Crippen LogP contribution in [-0.2, 0) is 0 Å². The molecular formula is C9H10N2O. The summed E-state index contributed by atoms with van der Waals surface area (Å²) in [4.78, 5) is 6.57. The van der Waals surface area contributed by atoms with E-state index in [0.717, 1.165) is 16.6 Å². The van der Waals surface area contributed by atoms with Crippen LogP contribution < -0.4 is 4.84 Å². The molecule has 2 rings (SSSR count). The Morgan fingerprint density at radius 3 is 2.75 bits per heavy atom. The molecule has 2 aromatic rings. The minimum Gasteiger partial charge on any atom is -0.400 e. The van der Waals surface area contributed by atoms with E-state index in [1.807, 2.05) is 31.2 Å². The van der Waals surface area contributed by atoms with Crippen molar-refractivity contribution in [1.82, 2.24) is 9.94 Å². The van der Waals surface area contributed by atoms with Crippen molar-refractivity contribution in [3.8, 4) is 0 Å². The molecule has 12 heavy (non-hydrogen) atoms. The Labute approximate surface area is 70.5 Å². The van der Waals surface area contributed by atoms with Crippen LogP contribution >= 0.6 is 0 Å². The third kappa shape index (κ3) is 0.863. The third-order valence-electron chi connectivity index (χ3n) is 1.95. The molecule has 3 nitrogen and oxygen atoms in total. The summed E-state index contributed by atoms with van der Waals surface area (Å²) < 4.78 is 0. The number of aryl methyl sites for hydroxylation is 1. The first kappa shape index (κ1) is 7.16. The van der Waals surface area contributed by atoms with Gasteiger partial charge in [0, 0.05) is 5.39 Å². The van der Waals surface area contributed by atoms with Crippen molar-refractivity contribution in [2.75, 3.05) is 7.11 Å². The smallest absolute Gasteiger partial charge is 0.106 e. The average Bonchev–Trinajstić information content (AvgIpc) is 2.44. The third-order valence-corrected chi connectivity index (χ3v) is 1.95. The minimum absolute atomic E-state index is 0.969. The molecule has 0 aliphatic heterocycles. The zero-order valence-electron chi connectivity index (χ0n) is 7.11. The van der Waals surface area contributed by atoms with E-state index in [1.54, 1.807) is 7.11 Å². The van der Waals surface area contributed by atoms with Gasteiger partial charge >= 0.3 is 0 Å². The van der Waals surface area contributed by atoms with Crippen LogP contribution in [0.2, 0.25) is 0 Å². The molecule has 0 radical (unpaired) electrons. The molecule has 0 aliphatic rings. The highest BCUT2D eigenvalue weighted by Gasteiger charge is 2.04. The Morgan fingerprint density at radius 2 is 2.08 bits per heavy atom. The fourth-order valence-corrected chi connectivity index (χ4v) is 1.32. The lowest BCUT2D eigenvalue weighted by molar-refractivity contribution is 0.130. The minimum atomic E-state index is 0.969. The van der Waals surface area contributed by atoms with Crippen molar-refractivity contribution < 1.29 is 4.84 Å². The van der Waals surface area contributed by atoms with Gasteiger partial charge in [-0.25, -0.2) is 0 Å². The molecule has 0 unspecified atom stereocenters. The van der Waals surface area contributed by atoms with E-state index in [2.05, 4.69) is 5.10 Å². The highest BCUT2D eigenvalue weighted by Crippen LogP contribution is 2.15. The first-order chi connectivity index (χ1) is 5.83. The van der Waals surface area contributed by atoms with E-state index in [4.69, 9.17) is 4.84 Å². The topological polar surface area (TPSA) is 27.1 Å². The Bertz CT molecular complexity index is 406. The number of aromatic nitrogens is 2. The molecule has 0 fully saturated rings. The lowest BCUT2D eigenvalue weighted by atomic mass is 10.2. The van der Waals surface area contributed by atoms with E-state index in [9.17, 15) is 0 Å². The second kappa shape index (κ2) is 2.52. The van der Waals surface area contributed by atoms with Crippen molar-refractivity contribution >= 4 is 10.9 Å². The maximum atomic E-state index is 5.04. The van der Waals surface area contributed by atoms with Crippen LogP contribution in [0.5, 0.6) is 0 Å². The normalized spacial score (nSPS) is 10.5. The molecule has 0 amide bonds. The van der Waals surface area contributed by atoms with Crippen LogP contribution in [-0.4, -0.2) is 17.1 Å². The maximum Gasteiger partial charge on any atom is 0.106 e. The van der Waals surface area contributed by atoms with Crippen molar-refractivity contribution in [1.29, 1.82) is 0 Å². The Balaban J connectivity index is 2.78. The van der Waals surface area contributed by atoms with E-state index in [0.29, 0.717) is 0 Å². The molecule has 0 N–H and O–H groups in total. The molecule has 0 bridgehead atoms. The largest absolute Gasteiger partial charge is 0.400 e. The molecular weight excluding hydrogens is 152 g/mol. The number of rotatable bonds is 1. The highest BCUT2D eigenvalue weighted by molar-refractivity contribution is 5.80. The summed E-state index contributed by atoms with van der Waals surface area (Å²) in [5.41, 5.74) is 2.00. The molecule has 0 saturated carbocycles. The van der Waals surface area contributed by atoms with Crippen LogP contribution in [0, 0.1) is 6.92 Å². The number of fused-ring (bicyclic) bond motifs is 1. The number of hydrogen-bond acceptors (Lipinski definition) is 2. The van der Waals surface area contributed by atoms with Gasteiger partial charge in [0.2, 0.25) is 0 Å². The second-order valence-corrected chi connectivity index (χ2v) is 2.66. The summed E-state index contributed by atoms with van der Waals surface area (Å²) in [5, 5.41) is 5.36. The van der Waals surface area contributed by atoms with Crippen molar-refractivity contribution in [2.24, 2.45) is 0 Å². The van der Waals surface area contributed by atoms with Gasteiger partial charge in [-0.15, -0.1) is 9.94 Å². The predicted molar refractivity (Wildman–Crippen MR) is 47.0 cm³/mol. The molecule has 0 spiro atoms. The molecule has 3 heteroatoms. The summed E-state index contributed by atoms with van der Waals surface area (Å²) in [6.07, 6.45) is 0. The van der Waals surface area contributed by atoms with Crippen LogP contribution in [0.25, 0.3) is 10.9 Å². The molecule has 62 valence electrons. The average molecular weight is 162 g/mol. The molecule has 0 atom stereocenters. The fourth-order valence-electron chi connectivity index (χ4n) is 1.32. The van der Waals surface area contributed by atoms with Crippen molar-refractivity contribution in [3.63, 3.8) is 0 Å². The van der Waals surface area contributed by atoms with Crippen LogP contribution in [0.15, 0.2) is 24.3 Å². The first-order valence-electron chi connectivity index (χ1n) is 3.82. The van der Waals surface area contributed by atoms with Crippen molar-refractivity contribution in [3.05, 3.63) is 30.0 Å². The SMILES string of the molecule is COn1nc2ccccc2c1C. The lowest BCUT2D eigenvalue weighted by Gasteiger charge is -1.97. The summed E-state index contributed by atoms with van der Waals surface area (Å²) >= 11 is 0. The monoisotopic (exact) mass is 162 g/mol. The van der Waals surface area contributed by atoms with Gasteiger partial charge in [0.05, 0.1) is 11.2 Å². The Kier molecular flexibility index (Phi) is 1.50. The number of benzene rings is 1. The summed E-state index contributed by atoms with van der Waals surface area (Å²) in [6.45, 7) is 1.98. The van der Waals surface area contributed by atoms with Gasteiger partial charge in [0.25, 0.3) is 0 Å². The first-order valence-corrected chi connectivity index (χ1v) is 3.82. The maximum absolute atomic E-state index is 5.04. The van der Waals surface area contributed by atoms with Gasteiger partial charge in [-0.1, -0.05) is 18.2 Å². The van der Waals surface area contributed by atoms with E-state index < -0.39 is 0 Å². The van der Waals surface area contributed by atoms with Gasteiger partial charge in [-0.2, -0.15) is 0 Å². The second-order valence-electron chi connectivity index (χ2n) is 2.66.